The number of halogens is 1. The van der Waals surface area contributed by atoms with Crippen LogP contribution in [0.1, 0.15) is 18.2 Å². The average Bonchev–Trinajstić information content (AvgIpc) is 3.10. The number of aryl methyl sites for hydroxylation is 1. The number of methoxy groups -OCH3 is 1. The molecule has 0 aliphatic heterocycles. The van der Waals surface area contributed by atoms with E-state index < -0.39 is 0 Å². The molecular weight excluding hydrogens is 447 g/mol. The first-order valence-electron chi connectivity index (χ1n) is 8.07. The van der Waals surface area contributed by atoms with Crippen LogP contribution in [0.2, 0.25) is 0 Å². The van der Waals surface area contributed by atoms with Crippen molar-refractivity contribution in [3.8, 4) is 11.5 Å². The fraction of sp³-hybridized carbons (Fsp3) is 0.389. The van der Waals surface area contributed by atoms with Crippen LogP contribution >= 0.6 is 24.0 Å². The minimum atomic E-state index is -0.262. The third-order valence-corrected chi connectivity index (χ3v) is 3.69. The van der Waals surface area contributed by atoms with Crippen molar-refractivity contribution in [1.29, 1.82) is 0 Å². The zero-order chi connectivity index (χ0) is 18.2. The highest BCUT2D eigenvalue weighted by atomic mass is 127. The summed E-state index contributed by atoms with van der Waals surface area (Å²) < 4.78 is 10.2. The van der Waals surface area contributed by atoms with E-state index in [2.05, 4.69) is 20.6 Å². The number of hydrogen-bond acceptors (Lipinski definition) is 5. The summed E-state index contributed by atoms with van der Waals surface area (Å²) in [4.78, 5) is 20.0. The Morgan fingerprint density at radius 3 is 2.62 bits per heavy atom. The second-order valence-corrected chi connectivity index (χ2v) is 5.74. The summed E-state index contributed by atoms with van der Waals surface area (Å²) in [6.45, 7) is 4.72. The number of ether oxygens (including phenoxy) is 1. The second-order valence-electron chi connectivity index (χ2n) is 5.74. The molecule has 8 heteroatoms. The lowest BCUT2D eigenvalue weighted by Crippen LogP contribution is -2.40. The van der Waals surface area contributed by atoms with Gasteiger partial charge < -0.3 is 19.8 Å². The largest absolute Gasteiger partial charge is 0.469 e. The zero-order valence-corrected chi connectivity index (χ0v) is 17.7. The van der Waals surface area contributed by atoms with Gasteiger partial charge in [0.15, 0.2) is 5.96 Å². The molecule has 0 radical (unpaired) electrons. The van der Waals surface area contributed by atoms with Crippen LogP contribution in [-0.4, -0.2) is 37.6 Å². The Bertz CT molecular complexity index is 728. The summed E-state index contributed by atoms with van der Waals surface area (Å²) in [6.07, 6.45) is 1.62. The first-order chi connectivity index (χ1) is 12.0. The molecule has 26 heavy (non-hydrogen) atoms. The Hall–Kier alpha value is -2.10. The van der Waals surface area contributed by atoms with Crippen molar-refractivity contribution in [3.05, 3.63) is 41.8 Å². The first-order valence-corrected chi connectivity index (χ1v) is 8.07. The van der Waals surface area contributed by atoms with Crippen LogP contribution in [0.25, 0.3) is 11.5 Å². The molecule has 0 amide bonds. The molecule has 2 rings (SSSR count). The Morgan fingerprint density at radius 2 is 2.00 bits per heavy atom. The van der Waals surface area contributed by atoms with E-state index in [0.29, 0.717) is 24.9 Å². The Morgan fingerprint density at radius 1 is 1.31 bits per heavy atom. The van der Waals surface area contributed by atoms with Gasteiger partial charge in [-0.2, -0.15) is 0 Å². The highest BCUT2D eigenvalue weighted by molar-refractivity contribution is 14.0. The van der Waals surface area contributed by atoms with Gasteiger partial charge in [-0.15, -0.1) is 24.0 Å². The fourth-order valence-electron chi connectivity index (χ4n) is 2.15. The molecule has 7 nitrogen and oxygen atoms in total. The normalized spacial score (nSPS) is 12.1. The van der Waals surface area contributed by atoms with E-state index in [1.165, 1.54) is 12.7 Å². The molecule has 2 aromatic rings. The molecule has 1 unspecified atom stereocenters. The maximum Gasteiger partial charge on any atom is 0.310 e. The molecule has 142 valence electrons. The number of hydrogen-bond donors (Lipinski definition) is 2. The summed E-state index contributed by atoms with van der Waals surface area (Å²) in [7, 11) is 3.04. The Balaban J connectivity index is 0.00000338. The highest BCUT2D eigenvalue weighted by Crippen LogP contribution is 2.18. The number of carbonyl (C=O) groups excluding carboxylic acids is 1. The molecule has 2 N–H and O–H groups in total. The zero-order valence-electron chi connectivity index (χ0n) is 15.4. The van der Waals surface area contributed by atoms with Gasteiger partial charge in [0.05, 0.1) is 25.3 Å². The predicted molar refractivity (Wildman–Crippen MR) is 111 cm³/mol. The predicted octanol–water partition coefficient (Wildman–Crippen LogP) is 2.74. The summed E-state index contributed by atoms with van der Waals surface area (Å²) in [5.41, 5.74) is 2.89. The molecule has 0 aliphatic carbocycles. The van der Waals surface area contributed by atoms with E-state index in [-0.39, 0.29) is 35.9 Å². The van der Waals surface area contributed by atoms with Gasteiger partial charge in [0.2, 0.25) is 5.89 Å². The number of benzene rings is 1. The number of esters is 1. The van der Waals surface area contributed by atoms with E-state index in [4.69, 9.17) is 9.15 Å². The van der Waals surface area contributed by atoms with Crippen LogP contribution < -0.4 is 10.6 Å². The van der Waals surface area contributed by atoms with Gasteiger partial charge in [-0.05, 0) is 19.1 Å². The molecule has 0 fully saturated rings. The van der Waals surface area contributed by atoms with Crippen molar-refractivity contribution >= 4 is 35.9 Å². The van der Waals surface area contributed by atoms with Crippen molar-refractivity contribution in [3.63, 3.8) is 0 Å². The van der Waals surface area contributed by atoms with E-state index in [0.717, 1.165) is 11.3 Å². The third kappa shape index (κ3) is 6.32. The molecule has 1 heterocycles. The second kappa shape index (κ2) is 10.8. The topological polar surface area (TPSA) is 88.8 Å². The first kappa shape index (κ1) is 21.9. The number of rotatable bonds is 6. The fourth-order valence-corrected chi connectivity index (χ4v) is 2.15. The van der Waals surface area contributed by atoms with Crippen LogP contribution in [0, 0.1) is 12.8 Å². The van der Waals surface area contributed by atoms with Gasteiger partial charge in [0, 0.05) is 19.2 Å². The van der Waals surface area contributed by atoms with E-state index in [1.54, 1.807) is 20.2 Å². The van der Waals surface area contributed by atoms with Gasteiger partial charge in [0.25, 0.3) is 0 Å². The molecule has 0 spiro atoms. The standard InChI is InChI=1S/C18H24N4O3.HI/c1-12-5-7-14(8-6-12)16-22-15(11-25-16)10-21-18(19-3)20-9-13(2)17(23)24-4;/h5-8,11,13H,9-10H2,1-4H3,(H2,19,20,21);1H. The van der Waals surface area contributed by atoms with Crippen LogP contribution in [0.15, 0.2) is 39.9 Å². The summed E-state index contributed by atoms with van der Waals surface area (Å²) in [6, 6.07) is 8.00. The minimum absolute atomic E-state index is 0. The van der Waals surface area contributed by atoms with Gasteiger partial charge in [-0.25, -0.2) is 4.98 Å². The van der Waals surface area contributed by atoms with Crippen LogP contribution in [0.3, 0.4) is 0 Å². The smallest absolute Gasteiger partial charge is 0.310 e. The van der Waals surface area contributed by atoms with E-state index in [1.807, 2.05) is 31.2 Å². The quantitative estimate of drug-likeness (QED) is 0.291. The van der Waals surface area contributed by atoms with E-state index in [9.17, 15) is 4.79 Å². The minimum Gasteiger partial charge on any atom is -0.469 e. The lowest BCUT2D eigenvalue weighted by atomic mass is 10.1. The monoisotopic (exact) mass is 472 g/mol. The van der Waals surface area contributed by atoms with Gasteiger partial charge in [-0.1, -0.05) is 24.6 Å². The van der Waals surface area contributed by atoms with Gasteiger partial charge in [0.1, 0.15) is 6.26 Å². The van der Waals surface area contributed by atoms with Crippen LogP contribution in [0.4, 0.5) is 0 Å². The van der Waals surface area contributed by atoms with E-state index >= 15 is 0 Å². The summed E-state index contributed by atoms with van der Waals surface area (Å²) in [5, 5.41) is 6.22. The number of aromatic nitrogens is 1. The summed E-state index contributed by atoms with van der Waals surface area (Å²) in [5.74, 6) is 0.639. The highest BCUT2D eigenvalue weighted by Gasteiger charge is 2.13. The SMILES string of the molecule is CN=C(NCc1coc(-c2ccc(C)cc2)n1)NCC(C)C(=O)OC.I. The van der Waals surface area contributed by atoms with Crippen molar-refractivity contribution in [2.45, 2.75) is 20.4 Å². The van der Waals surface area contributed by atoms with Crippen molar-refractivity contribution < 1.29 is 13.9 Å². The van der Waals surface area contributed by atoms with Crippen LogP contribution in [0.5, 0.6) is 0 Å². The third-order valence-electron chi connectivity index (χ3n) is 3.69. The molecular formula is C18H25IN4O3. The van der Waals surface area contributed by atoms with Crippen molar-refractivity contribution in [2.24, 2.45) is 10.9 Å². The van der Waals surface area contributed by atoms with Crippen LogP contribution in [-0.2, 0) is 16.1 Å². The molecule has 0 aliphatic rings. The molecule has 0 saturated carbocycles. The lowest BCUT2D eigenvalue weighted by Gasteiger charge is -2.13. The Labute approximate surface area is 170 Å². The molecule has 0 bridgehead atoms. The number of nitrogens with one attached hydrogen (secondary N) is 2. The molecule has 1 aromatic carbocycles. The number of nitrogens with zero attached hydrogens (tertiary/aromatic N) is 2. The summed E-state index contributed by atoms with van der Waals surface area (Å²) >= 11 is 0. The average molecular weight is 472 g/mol. The maximum atomic E-state index is 11.4. The molecule has 1 aromatic heterocycles. The maximum absolute atomic E-state index is 11.4. The Kier molecular flexibility index (Phi) is 9.11. The molecule has 1 atom stereocenters. The number of guanidine groups is 1. The molecule has 0 saturated heterocycles. The van der Waals surface area contributed by atoms with Crippen molar-refractivity contribution in [2.75, 3.05) is 20.7 Å². The van der Waals surface area contributed by atoms with Gasteiger partial charge in [-0.3, -0.25) is 9.79 Å². The lowest BCUT2D eigenvalue weighted by molar-refractivity contribution is -0.144. The van der Waals surface area contributed by atoms with Crippen molar-refractivity contribution in [1.82, 2.24) is 15.6 Å². The number of oxazole rings is 1. The number of aliphatic imine (C=N–C) groups is 1. The number of carbonyl (C=O) groups is 1. The van der Waals surface area contributed by atoms with Gasteiger partial charge >= 0.3 is 5.97 Å².